The molecule has 0 bridgehead atoms. The molecule has 0 aliphatic carbocycles. The van der Waals surface area contributed by atoms with E-state index in [1.807, 2.05) is 13.8 Å². The lowest BCUT2D eigenvalue weighted by Gasteiger charge is -2.36. The Morgan fingerprint density at radius 1 is 1.17 bits per heavy atom. The molecule has 1 aromatic carbocycles. The smallest absolute Gasteiger partial charge is 0.0594 e. The Bertz CT molecular complexity index is 517. The van der Waals surface area contributed by atoms with Crippen LogP contribution >= 0.6 is 0 Å². The SMILES string of the molecule is CCC1NNC2CCN(Cc3ccc(CCC(C)(C)O)cc3)CC12. The maximum atomic E-state index is 9.85. The largest absolute Gasteiger partial charge is 0.390 e. The number of hydrogen-bond donors (Lipinski definition) is 3. The topological polar surface area (TPSA) is 47.5 Å². The molecule has 0 spiro atoms. The van der Waals surface area contributed by atoms with Crippen molar-refractivity contribution in [2.45, 2.75) is 70.7 Å². The Labute approximate surface area is 146 Å². The molecule has 4 nitrogen and oxygen atoms in total. The van der Waals surface area contributed by atoms with Crippen LogP contribution in [0.1, 0.15) is 51.2 Å². The minimum absolute atomic E-state index is 0.581. The summed E-state index contributed by atoms with van der Waals surface area (Å²) in [6.07, 6.45) is 4.17. The number of likely N-dealkylation sites (tertiary alicyclic amines) is 1. The van der Waals surface area contributed by atoms with Gasteiger partial charge in [-0.3, -0.25) is 15.8 Å². The van der Waals surface area contributed by atoms with E-state index in [0.29, 0.717) is 12.1 Å². The average Bonchev–Trinajstić information content (AvgIpc) is 2.96. The zero-order chi connectivity index (χ0) is 17.2. The molecule has 1 aromatic rings. The summed E-state index contributed by atoms with van der Waals surface area (Å²) in [6, 6.07) is 10.2. The molecule has 134 valence electrons. The maximum Gasteiger partial charge on any atom is 0.0594 e. The van der Waals surface area contributed by atoms with Crippen molar-refractivity contribution < 1.29 is 5.11 Å². The van der Waals surface area contributed by atoms with Crippen molar-refractivity contribution in [1.82, 2.24) is 15.8 Å². The lowest BCUT2D eigenvalue weighted by atomic mass is 9.87. The molecule has 3 unspecified atom stereocenters. The van der Waals surface area contributed by atoms with E-state index in [1.165, 1.54) is 37.1 Å². The first-order valence-corrected chi connectivity index (χ1v) is 9.48. The fraction of sp³-hybridized carbons (Fsp3) is 0.700. The van der Waals surface area contributed by atoms with Gasteiger partial charge in [0.2, 0.25) is 0 Å². The number of hydrogen-bond acceptors (Lipinski definition) is 4. The van der Waals surface area contributed by atoms with Crippen molar-refractivity contribution in [3.05, 3.63) is 35.4 Å². The van der Waals surface area contributed by atoms with E-state index in [-0.39, 0.29) is 0 Å². The molecule has 4 heteroatoms. The van der Waals surface area contributed by atoms with Crippen molar-refractivity contribution in [3.63, 3.8) is 0 Å². The van der Waals surface area contributed by atoms with Gasteiger partial charge in [0.15, 0.2) is 0 Å². The van der Waals surface area contributed by atoms with Crippen LogP contribution in [0.3, 0.4) is 0 Å². The van der Waals surface area contributed by atoms with E-state index in [2.05, 4.69) is 46.9 Å². The molecule has 0 radical (unpaired) electrons. The van der Waals surface area contributed by atoms with Crippen molar-refractivity contribution in [1.29, 1.82) is 0 Å². The molecule has 2 fully saturated rings. The molecule has 0 saturated carbocycles. The molecule has 2 heterocycles. The number of nitrogens with one attached hydrogen (secondary N) is 2. The summed E-state index contributed by atoms with van der Waals surface area (Å²) in [7, 11) is 0. The molecule has 0 amide bonds. The molecule has 3 atom stereocenters. The third-order valence-electron chi connectivity index (χ3n) is 5.61. The predicted octanol–water partition coefficient (Wildman–Crippen LogP) is 2.47. The summed E-state index contributed by atoms with van der Waals surface area (Å²) in [6.45, 7) is 9.43. The third kappa shape index (κ3) is 4.57. The van der Waals surface area contributed by atoms with Gasteiger partial charge in [-0.05, 0) is 50.7 Å². The fourth-order valence-electron chi connectivity index (χ4n) is 4.03. The predicted molar refractivity (Wildman–Crippen MR) is 98.6 cm³/mol. The number of fused-ring (bicyclic) bond motifs is 1. The van der Waals surface area contributed by atoms with Gasteiger partial charge in [0.05, 0.1) is 5.60 Å². The van der Waals surface area contributed by atoms with Gasteiger partial charge in [0.25, 0.3) is 0 Å². The van der Waals surface area contributed by atoms with Gasteiger partial charge in [0.1, 0.15) is 0 Å². The van der Waals surface area contributed by atoms with Gasteiger partial charge in [-0.2, -0.15) is 0 Å². The normalized spacial score (nSPS) is 28.1. The number of aryl methyl sites for hydroxylation is 1. The van der Waals surface area contributed by atoms with Crippen LogP contribution in [0.25, 0.3) is 0 Å². The summed E-state index contributed by atoms with van der Waals surface area (Å²) in [4.78, 5) is 2.60. The number of nitrogens with zero attached hydrogens (tertiary/aromatic N) is 1. The van der Waals surface area contributed by atoms with Gasteiger partial charge in [-0.15, -0.1) is 0 Å². The maximum absolute atomic E-state index is 9.85. The zero-order valence-electron chi connectivity index (χ0n) is 15.4. The second-order valence-corrected chi connectivity index (χ2v) is 8.23. The average molecular weight is 332 g/mol. The Hall–Kier alpha value is -0.940. The summed E-state index contributed by atoms with van der Waals surface area (Å²) < 4.78 is 0. The highest BCUT2D eigenvalue weighted by Crippen LogP contribution is 2.26. The third-order valence-corrected chi connectivity index (χ3v) is 5.61. The number of benzene rings is 1. The van der Waals surface area contributed by atoms with E-state index in [1.54, 1.807) is 0 Å². The molecule has 0 aromatic heterocycles. The van der Waals surface area contributed by atoms with Crippen LogP contribution in [0.4, 0.5) is 0 Å². The highest BCUT2D eigenvalue weighted by atomic mass is 16.3. The summed E-state index contributed by atoms with van der Waals surface area (Å²) in [5.41, 5.74) is 9.08. The van der Waals surface area contributed by atoms with Gasteiger partial charge in [-0.25, -0.2) is 0 Å². The quantitative estimate of drug-likeness (QED) is 0.749. The van der Waals surface area contributed by atoms with E-state index in [9.17, 15) is 5.11 Å². The Kier molecular flexibility index (Phi) is 5.60. The molecule has 24 heavy (non-hydrogen) atoms. The molecule has 2 saturated heterocycles. The van der Waals surface area contributed by atoms with E-state index in [4.69, 9.17) is 0 Å². The van der Waals surface area contributed by atoms with E-state index >= 15 is 0 Å². The molecule has 3 rings (SSSR count). The van der Waals surface area contributed by atoms with Crippen LogP contribution < -0.4 is 10.9 Å². The number of aliphatic hydroxyl groups is 1. The summed E-state index contributed by atoms with van der Waals surface area (Å²) >= 11 is 0. The lowest BCUT2D eigenvalue weighted by molar-refractivity contribution is 0.0714. The number of rotatable bonds is 6. The van der Waals surface area contributed by atoms with E-state index < -0.39 is 5.60 Å². The van der Waals surface area contributed by atoms with Crippen LogP contribution in [0.15, 0.2) is 24.3 Å². The van der Waals surface area contributed by atoms with Crippen molar-refractivity contribution in [2.24, 2.45) is 5.92 Å². The van der Waals surface area contributed by atoms with Crippen LogP contribution in [-0.4, -0.2) is 40.8 Å². The standard InChI is InChI=1S/C20H33N3O/c1-4-18-17-14-23(12-10-19(17)22-21-18)13-16-7-5-15(6-8-16)9-11-20(2,3)24/h5-8,17-19,21-22,24H,4,9-14H2,1-3H3. The van der Waals surface area contributed by atoms with Crippen LogP contribution in [0, 0.1) is 5.92 Å². The van der Waals surface area contributed by atoms with Crippen LogP contribution in [-0.2, 0) is 13.0 Å². The highest BCUT2D eigenvalue weighted by Gasteiger charge is 2.38. The van der Waals surface area contributed by atoms with Crippen molar-refractivity contribution in [2.75, 3.05) is 13.1 Å². The summed E-state index contributed by atoms with van der Waals surface area (Å²) in [5, 5.41) is 9.85. The number of hydrazine groups is 1. The summed E-state index contributed by atoms with van der Waals surface area (Å²) in [5.74, 6) is 0.731. The van der Waals surface area contributed by atoms with Gasteiger partial charge in [0, 0.05) is 37.6 Å². The number of piperidine rings is 1. The first-order chi connectivity index (χ1) is 11.4. The fourth-order valence-corrected chi connectivity index (χ4v) is 4.03. The molecule has 3 N–H and O–H groups in total. The second kappa shape index (κ2) is 7.52. The van der Waals surface area contributed by atoms with E-state index in [0.717, 1.165) is 25.3 Å². The minimum atomic E-state index is -0.581. The Balaban J connectivity index is 1.53. The van der Waals surface area contributed by atoms with Crippen LogP contribution in [0.2, 0.25) is 0 Å². The highest BCUT2D eigenvalue weighted by molar-refractivity contribution is 5.23. The lowest BCUT2D eigenvalue weighted by Crippen LogP contribution is -2.45. The molecular weight excluding hydrogens is 298 g/mol. The zero-order valence-corrected chi connectivity index (χ0v) is 15.4. The second-order valence-electron chi connectivity index (χ2n) is 8.23. The first-order valence-electron chi connectivity index (χ1n) is 9.48. The van der Waals surface area contributed by atoms with Gasteiger partial charge in [-0.1, -0.05) is 31.2 Å². The van der Waals surface area contributed by atoms with Crippen LogP contribution in [0.5, 0.6) is 0 Å². The molecule has 2 aliphatic heterocycles. The molecular formula is C20H33N3O. The monoisotopic (exact) mass is 331 g/mol. The van der Waals surface area contributed by atoms with Crippen molar-refractivity contribution >= 4 is 0 Å². The first kappa shape index (κ1) is 17.9. The van der Waals surface area contributed by atoms with Gasteiger partial charge >= 0.3 is 0 Å². The molecule has 2 aliphatic rings. The Morgan fingerprint density at radius 3 is 2.54 bits per heavy atom. The van der Waals surface area contributed by atoms with Crippen molar-refractivity contribution in [3.8, 4) is 0 Å². The minimum Gasteiger partial charge on any atom is -0.390 e. The van der Waals surface area contributed by atoms with Gasteiger partial charge < -0.3 is 5.11 Å². The Morgan fingerprint density at radius 2 is 1.88 bits per heavy atom.